The van der Waals surface area contributed by atoms with Crippen LogP contribution in [0.15, 0.2) is 27.1 Å². The minimum Gasteiger partial charge on any atom is -0.305 e. The average molecular weight is 316 g/mol. The number of thiophene rings is 1. The number of aryl methyl sites for hydroxylation is 2. The van der Waals surface area contributed by atoms with Gasteiger partial charge in [-0.15, -0.1) is 21.5 Å². The van der Waals surface area contributed by atoms with Crippen LogP contribution in [-0.4, -0.2) is 28.3 Å². The molecular weight excluding hydrogens is 304 g/mol. The molecule has 0 aliphatic heterocycles. The van der Waals surface area contributed by atoms with E-state index in [1.54, 1.807) is 23.1 Å². The first-order valence-electron chi connectivity index (χ1n) is 6.55. The van der Waals surface area contributed by atoms with Crippen LogP contribution >= 0.6 is 11.3 Å². The van der Waals surface area contributed by atoms with E-state index >= 15 is 0 Å². The zero-order valence-electron chi connectivity index (χ0n) is 12.1. The Kier molecular flexibility index (Phi) is 2.46. The molecule has 4 rings (SSSR count). The van der Waals surface area contributed by atoms with Gasteiger partial charge in [0.15, 0.2) is 17.0 Å². The first-order valence-corrected chi connectivity index (χ1v) is 7.43. The molecule has 4 aromatic rings. The van der Waals surface area contributed by atoms with Crippen molar-refractivity contribution in [3.05, 3.63) is 38.4 Å². The molecule has 0 fully saturated rings. The molecule has 0 saturated heterocycles. The Morgan fingerprint density at radius 2 is 1.82 bits per heavy atom. The quantitative estimate of drug-likeness (QED) is 0.507. The van der Waals surface area contributed by atoms with Crippen molar-refractivity contribution in [3.8, 4) is 10.7 Å². The monoisotopic (exact) mass is 316 g/mol. The minimum atomic E-state index is -0.379. The van der Waals surface area contributed by atoms with Crippen LogP contribution in [0.25, 0.3) is 27.6 Å². The molecule has 0 N–H and O–H groups in total. The smallest absolute Gasteiger partial charge is 0.305 e. The highest BCUT2D eigenvalue weighted by molar-refractivity contribution is 7.13. The highest BCUT2D eigenvalue weighted by Gasteiger charge is 2.22. The molecule has 4 heterocycles. The SMILES string of the molecule is Cn1c(=O)c2c(n(C)c1=O)n1c(-c3cccs3)nnc1n2C. The van der Waals surface area contributed by atoms with Crippen molar-refractivity contribution >= 4 is 28.3 Å². The molecule has 0 amide bonds. The Labute approximate surface area is 127 Å². The van der Waals surface area contributed by atoms with E-state index in [0.29, 0.717) is 22.8 Å². The lowest BCUT2D eigenvalue weighted by Gasteiger charge is -2.05. The molecule has 0 saturated carbocycles. The Morgan fingerprint density at radius 1 is 1.05 bits per heavy atom. The maximum Gasteiger partial charge on any atom is 0.332 e. The molecule has 0 unspecified atom stereocenters. The zero-order chi connectivity index (χ0) is 15.6. The van der Waals surface area contributed by atoms with Crippen LogP contribution in [0.3, 0.4) is 0 Å². The van der Waals surface area contributed by atoms with Crippen molar-refractivity contribution in [1.82, 2.24) is 28.3 Å². The van der Waals surface area contributed by atoms with Gasteiger partial charge in [0, 0.05) is 21.1 Å². The van der Waals surface area contributed by atoms with Crippen LogP contribution in [-0.2, 0) is 21.1 Å². The first kappa shape index (κ1) is 13.0. The second kappa shape index (κ2) is 4.17. The third kappa shape index (κ3) is 1.40. The maximum absolute atomic E-state index is 12.5. The molecule has 0 bridgehead atoms. The number of nitrogens with zero attached hydrogens (tertiary/aromatic N) is 6. The molecule has 9 heteroatoms. The van der Waals surface area contributed by atoms with E-state index in [-0.39, 0.29) is 11.2 Å². The normalized spacial score (nSPS) is 11.8. The molecule has 112 valence electrons. The van der Waals surface area contributed by atoms with E-state index in [0.717, 1.165) is 9.44 Å². The minimum absolute atomic E-state index is 0.344. The van der Waals surface area contributed by atoms with Crippen molar-refractivity contribution in [2.24, 2.45) is 21.1 Å². The van der Waals surface area contributed by atoms with Gasteiger partial charge in [-0.2, -0.15) is 0 Å². The van der Waals surface area contributed by atoms with Crippen LogP contribution in [0.2, 0.25) is 0 Å². The molecule has 0 atom stereocenters. The van der Waals surface area contributed by atoms with Gasteiger partial charge in [-0.05, 0) is 11.4 Å². The lowest BCUT2D eigenvalue weighted by Crippen LogP contribution is -2.37. The predicted molar refractivity (Wildman–Crippen MR) is 83.3 cm³/mol. The van der Waals surface area contributed by atoms with Crippen LogP contribution in [0.4, 0.5) is 0 Å². The topological polar surface area (TPSA) is 79.1 Å². The molecule has 0 aliphatic rings. The fourth-order valence-corrected chi connectivity index (χ4v) is 3.42. The summed E-state index contributed by atoms with van der Waals surface area (Å²) in [5, 5.41) is 10.3. The van der Waals surface area contributed by atoms with Gasteiger partial charge in [-0.3, -0.25) is 13.9 Å². The van der Waals surface area contributed by atoms with Gasteiger partial charge < -0.3 is 4.57 Å². The van der Waals surface area contributed by atoms with E-state index in [2.05, 4.69) is 10.2 Å². The second-order valence-corrected chi connectivity index (χ2v) is 6.02. The third-order valence-corrected chi connectivity index (χ3v) is 4.71. The van der Waals surface area contributed by atoms with E-state index < -0.39 is 0 Å². The van der Waals surface area contributed by atoms with E-state index in [9.17, 15) is 9.59 Å². The molecule has 22 heavy (non-hydrogen) atoms. The van der Waals surface area contributed by atoms with Crippen molar-refractivity contribution in [2.45, 2.75) is 0 Å². The van der Waals surface area contributed by atoms with Crippen molar-refractivity contribution < 1.29 is 0 Å². The molecule has 0 radical (unpaired) electrons. The highest BCUT2D eigenvalue weighted by atomic mass is 32.1. The lowest BCUT2D eigenvalue weighted by molar-refractivity contribution is 0.703. The number of hydrogen-bond acceptors (Lipinski definition) is 5. The van der Waals surface area contributed by atoms with E-state index in [4.69, 9.17) is 0 Å². The van der Waals surface area contributed by atoms with Gasteiger partial charge in [0.25, 0.3) is 5.56 Å². The number of imidazole rings is 1. The summed E-state index contributed by atoms with van der Waals surface area (Å²) in [6, 6.07) is 3.85. The van der Waals surface area contributed by atoms with Crippen LogP contribution in [0.5, 0.6) is 0 Å². The first-order chi connectivity index (χ1) is 10.5. The lowest BCUT2D eigenvalue weighted by atomic mass is 10.4. The van der Waals surface area contributed by atoms with E-state index in [1.807, 2.05) is 17.5 Å². The van der Waals surface area contributed by atoms with Crippen LogP contribution in [0.1, 0.15) is 0 Å². The van der Waals surface area contributed by atoms with Crippen molar-refractivity contribution in [3.63, 3.8) is 0 Å². The summed E-state index contributed by atoms with van der Waals surface area (Å²) in [4.78, 5) is 25.6. The van der Waals surface area contributed by atoms with Crippen LogP contribution < -0.4 is 11.2 Å². The molecule has 0 spiro atoms. The Morgan fingerprint density at radius 3 is 2.50 bits per heavy atom. The molecule has 0 aromatic carbocycles. The summed E-state index contributed by atoms with van der Waals surface area (Å²) in [7, 11) is 4.86. The maximum atomic E-state index is 12.5. The average Bonchev–Trinajstić information content (AvgIpc) is 3.20. The number of rotatable bonds is 1. The van der Waals surface area contributed by atoms with E-state index in [1.165, 1.54) is 23.0 Å². The van der Waals surface area contributed by atoms with Gasteiger partial charge >= 0.3 is 5.69 Å². The summed E-state index contributed by atoms with van der Waals surface area (Å²) < 4.78 is 5.97. The van der Waals surface area contributed by atoms with Crippen molar-refractivity contribution in [2.75, 3.05) is 0 Å². The largest absolute Gasteiger partial charge is 0.332 e. The zero-order valence-corrected chi connectivity index (χ0v) is 13.0. The summed E-state index contributed by atoms with van der Waals surface area (Å²) in [5.41, 5.74) is 0.199. The van der Waals surface area contributed by atoms with Gasteiger partial charge in [0.2, 0.25) is 5.78 Å². The predicted octanol–water partition coefficient (Wildman–Crippen LogP) is 0.347. The fraction of sp³-hybridized carbons (Fsp3) is 0.231. The van der Waals surface area contributed by atoms with Crippen molar-refractivity contribution in [1.29, 1.82) is 0 Å². The Bertz CT molecular complexity index is 1140. The van der Waals surface area contributed by atoms with Gasteiger partial charge in [0.1, 0.15) is 0 Å². The number of hydrogen-bond donors (Lipinski definition) is 0. The Balaban J connectivity index is 2.34. The summed E-state index contributed by atoms with van der Waals surface area (Å²) in [5.74, 6) is 1.15. The standard InChI is InChI=1S/C13H12N6O2S/c1-16-8-10(17(2)13(21)18(3)11(8)20)19-9(14-15-12(16)19)7-5-4-6-22-7/h4-6H,1-3H3. The summed E-state index contributed by atoms with van der Waals surface area (Å²) in [6.07, 6.45) is 0. The molecular formula is C13H12N6O2S. The number of aromatic nitrogens is 6. The Hall–Kier alpha value is -2.68. The van der Waals surface area contributed by atoms with Crippen LogP contribution in [0, 0.1) is 0 Å². The molecule has 8 nitrogen and oxygen atoms in total. The second-order valence-electron chi connectivity index (χ2n) is 5.07. The van der Waals surface area contributed by atoms with Gasteiger partial charge in [-0.25, -0.2) is 9.20 Å². The molecule has 4 aromatic heterocycles. The summed E-state index contributed by atoms with van der Waals surface area (Å²) >= 11 is 1.53. The number of fused-ring (bicyclic) bond motifs is 3. The van der Waals surface area contributed by atoms with Gasteiger partial charge in [0.05, 0.1) is 4.88 Å². The van der Waals surface area contributed by atoms with Gasteiger partial charge in [-0.1, -0.05) is 6.07 Å². The fourth-order valence-electron chi connectivity index (χ4n) is 2.72. The highest BCUT2D eigenvalue weighted by Crippen LogP contribution is 2.26. The third-order valence-electron chi connectivity index (χ3n) is 3.85. The molecule has 0 aliphatic carbocycles. The summed E-state index contributed by atoms with van der Waals surface area (Å²) in [6.45, 7) is 0.